The maximum atomic E-state index is 10.7. The number of rotatable bonds is 2. The molecule has 68 valence electrons. The lowest BCUT2D eigenvalue weighted by Gasteiger charge is -2.06. The van der Waals surface area contributed by atoms with Crippen molar-refractivity contribution >= 4 is 22.2 Å². The zero-order valence-corrected chi connectivity index (χ0v) is 9.10. The van der Waals surface area contributed by atoms with Crippen LogP contribution in [0.5, 0.6) is 0 Å². The van der Waals surface area contributed by atoms with Gasteiger partial charge in [-0.05, 0) is 48.9 Å². The fourth-order valence-corrected chi connectivity index (χ4v) is 2.32. The lowest BCUT2D eigenvalue weighted by molar-refractivity contribution is 0.112. The molecule has 0 N–H and O–H groups in total. The summed E-state index contributed by atoms with van der Waals surface area (Å²) in [6.07, 6.45) is 3.47. The first-order chi connectivity index (χ1) is 6.22. The lowest BCUT2D eigenvalue weighted by atomic mass is 10.0. The van der Waals surface area contributed by atoms with Crippen LogP contribution in [-0.4, -0.2) is 6.29 Å². The zero-order valence-electron chi connectivity index (χ0n) is 7.51. The van der Waals surface area contributed by atoms with Crippen molar-refractivity contribution in [1.29, 1.82) is 0 Å². The van der Waals surface area contributed by atoms with E-state index in [0.29, 0.717) is 5.92 Å². The largest absolute Gasteiger partial charge is 0.298 e. The lowest BCUT2D eigenvalue weighted by Crippen LogP contribution is -1.91. The zero-order chi connectivity index (χ0) is 9.42. The molecule has 0 radical (unpaired) electrons. The summed E-state index contributed by atoms with van der Waals surface area (Å²) in [5.41, 5.74) is 3.17. The Kier molecular flexibility index (Phi) is 2.24. The van der Waals surface area contributed by atoms with Crippen molar-refractivity contribution in [2.45, 2.75) is 25.7 Å². The van der Waals surface area contributed by atoms with Crippen LogP contribution in [-0.2, 0) is 0 Å². The van der Waals surface area contributed by atoms with E-state index < -0.39 is 0 Å². The van der Waals surface area contributed by atoms with Crippen LogP contribution < -0.4 is 0 Å². The van der Waals surface area contributed by atoms with Gasteiger partial charge in [0.25, 0.3) is 0 Å². The molecule has 0 saturated heterocycles. The van der Waals surface area contributed by atoms with E-state index in [2.05, 4.69) is 15.9 Å². The summed E-state index contributed by atoms with van der Waals surface area (Å²) in [4.78, 5) is 10.7. The molecular formula is C11H11BrO. The Labute approximate surface area is 86.3 Å². The van der Waals surface area contributed by atoms with Crippen molar-refractivity contribution in [1.82, 2.24) is 0 Å². The summed E-state index contributed by atoms with van der Waals surface area (Å²) in [5, 5.41) is 0. The van der Waals surface area contributed by atoms with Crippen molar-refractivity contribution in [3.63, 3.8) is 0 Å². The van der Waals surface area contributed by atoms with Gasteiger partial charge in [0.15, 0.2) is 0 Å². The number of hydrogen-bond donors (Lipinski definition) is 0. The number of aldehydes is 1. The number of carbonyl (C=O) groups excluding carboxylic acids is 1. The second-order valence-corrected chi connectivity index (χ2v) is 4.48. The topological polar surface area (TPSA) is 17.1 Å². The van der Waals surface area contributed by atoms with E-state index in [1.807, 2.05) is 19.1 Å². The van der Waals surface area contributed by atoms with Gasteiger partial charge in [-0.1, -0.05) is 15.9 Å². The van der Waals surface area contributed by atoms with Crippen LogP contribution >= 0.6 is 15.9 Å². The van der Waals surface area contributed by atoms with Crippen molar-refractivity contribution < 1.29 is 4.79 Å². The number of benzene rings is 1. The normalized spacial score (nSPS) is 15.8. The number of carbonyl (C=O) groups is 1. The summed E-state index contributed by atoms with van der Waals surface area (Å²) in [6, 6.07) is 4.06. The molecule has 1 fully saturated rings. The van der Waals surface area contributed by atoms with Gasteiger partial charge in [-0.2, -0.15) is 0 Å². The first-order valence-electron chi connectivity index (χ1n) is 4.47. The molecule has 13 heavy (non-hydrogen) atoms. The van der Waals surface area contributed by atoms with Crippen LogP contribution in [0.3, 0.4) is 0 Å². The maximum absolute atomic E-state index is 10.7. The highest BCUT2D eigenvalue weighted by molar-refractivity contribution is 9.10. The molecule has 0 aliphatic heterocycles. The van der Waals surface area contributed by atoms with Gasteiger partial charge in [0.1, 0.15) is 6.29 Å². The third-order valence-corrected chi connectivity index (χ3v) is 3.22. The Morgan fingerprint density at radius 1 is 1.46 bits per heavy atom. The summed E-state index contributed by atoms with van der Waals surface area (Å²) >= 11 is 3.54. The van der Waals surface area contributed by atoms with Gasteiger partial charge < -0.3 is 0 Å². The van der Waals surface area contributed by atoms with Gasteiger partial charge in [0.2, 0.25) is 0 Å². The third kappa shape index (κ3) is 1.68. The Balaban J connectivity index is 2.50. The first kappa shape index (κ1) is 8.95. The second kappa shape index (κ2) is 3.26. The molecule has 0 bridgehead atoms. The molecule has 1 aromatic rings. The molecule has 0 unspecified atom stereocenters. The van der Waals surface area contributed by atoms with E-state index >= 15 is 0 Å². The number of aryl methyl sites for hydroxylation is 1. The van der Waals surface area contributed by atoms with Gasteiger partial charge >= 0.3 is 0 Å². The molecular weight excluding hydrogens is 228 g/mol. The van der Waals surface area contributed by atoms with E-state index in [1.54, 1.807) is 0 Å². The standard InChI is InChI=1S/C11H11BrO/c1-7-4-11(12)10(8-2-3-8)5-9(7)6-13/h4-6,8H,2-3H2,1H3. The van der Waals surface area contributed by atoms with Crippen LogP contribution in [0.25, 0.3) is 0 Å². The minimum absolute atomic E-state index is 0.689. The minimum atomic E-state index is 0.689. The summed E-state index contributed by atoms with van der Waals surface area (Å²) in [6.45, 7) is 1.96. The fourth-order valence-electron chi connectivity index (χ4n) is 1.54. The highest BCUT2D eigenvalue weighted by atomic mass is 79.9. The Morgan fingerprint density at radius 3 is 2.69 bits per heavy atom. The highest BCUT2D eigenvalue weighted by Gasteiger charge is 2.26. The molecule has 1 aliphatic carbocycles. The van der Waals surface area contributed by atoms with Crippen LogP contribution in [0.15, 0.2) is 16.6 Å². The predicted octanol–water partition coefficient (Wildman–Crippen LogP) is 3.45. The van der Waals surface area contributed by atoms with Gasteiger partial charge in [-0.25, -0.2) is 0 Å². The Morgan fingerprint density at radius 2 is 2.15 bits per heavy atom. The maximum Gasteiger partial charge on any atom is 0.150 e. The molecule has 1 nitrogen and oxygen atoms in total. The van der Waals surface area contributed by atoms with Gasteiger partial charge in [0.05, 0.1) is 0 Å². The monoisotopic (exact) mass is 238 g/mol. The second-order valence-electron chi connectivity index (χ2n) is 3.62. The van der Waals surface area contributed by atoms with Gasteiger partial charge in [0, 0.05) is 10.0 Å². The van der Waals surface area contributed by atoms with E-state index in [9.17, 15) is 4.79 Å². The van der Waals surface area contributed by atoms with Crippen LogP contribution in [0.2, 0.25) is 0 Å². The molecule has 0 aromatic heterocycles. The van der Waals surface area contributed by atoms with Crippen molar-refractivity contribution in [3.05, 3.63) is 33.3 Å². The quantitative estimate of drug-likeness (QED) is 0.722. The number of halogens is 1. The predicted molar refractivity (Wildman–Crippen MR) is 56.2 cm³/mol. The van der Waals surface area contributed by atoms with Crippen LogP contribution in [0, 0.1) is 6.92 Å². The molecule has 2 heteroatoms. The molecule has 1 aromatic carbocycles. The van der Waals surface area contributed by atoms with Crippen LogP contribution in [0.1, 0.15) is 40.2 Å². The van der Waals surface area contributed by atoms with Crippen molar-refractivity contribution in [3.8, 4) is 0 Å². The first-order valence-corrected chi connectivity index (χ1v) is 5.27. The average Bonchev–Trinajstić information content (AvgIpc) is 2.88. The molecule has 1 saturated carbocycles. The third-order valence-electron chi connectivity index (χ3n) is 2.53. The Bertz CT molecular complexity index is 353. The van der Waals surface area contributed by atoms with E-state index in [1.165, 1.54) is 18.4 Å². The van der Waals surface area contributed by atoms with E-state index in [4.69, 9.17) is 0 Å². The highest BCUT2D eigenvalue weighted by Crippen LogP contribution is 2.43. The molecule has 0 spiro atoms. The summed E-state index contributed by atoms with van der Waals surface area (Å²) in [5.74, 6) is 0.689. The van der Waals surface area contributed by atoms with Gasteiger partial charge in [-0.3, -0.25) is 4.79 Å². The molecule has 1 aliphatic rings. The minimum Gasteiger partial charge on any atom is -0.298 e. The van der Waals surface area contributed by atoms with Crippen LogP contribution in [0.4, 0.5) is 0 Å². The summed E-state index contributed by atoms with van der Waals surface area (Å²) in [7, 11) is 0. The molecule has 2 rings (SSSR count). The number of hydrogen-bond acceptors (Lipinski definition) is 1. The molecule has 0 amide bonds. The SMILES string of the molecule is Cc1cc(Br)c(C2CC2)cc1C=O. The van der Waals surface area contributed by atoms with Gasteiger partial charge in [-0.15, -0.1) is 0 Å². The van der Waals surface area contributed by atoms with Crippen molar-refractivity contribution in [2.75, 3.05) is 0 Å². The smallest absolute Gasteiger partial charge is 0.150 e. The Hall–Kier alpha value is -0.630. The fraction of sp³-hybridized carbons (Fsp3) is 0.364. The summed E-state index contributed by atoms with van der Waals surface area (Å²) < 4.78 is 1.15. The van der Waals surface area contributed by atoms with Crippen molar-refractivity contribution in [2.24, 2.45) is 0 Å². The molecule has 0 heterocycles. The van der Waals surface area contributed by atoms with E-state index in [0.717, 1.165) is 21.9 Å². The average molecular weight is 239 g/mol. The van der Waals surface area contributed by atoms with E-state index in [-0.39, 0.29) is 0 Å². The molecule has 0 atom stereocenters.